The van der Waals surface area contributed by atoms with Crippen LogP contribution in [-0.2, 0) is 4.84 Å². The first kappa shape index (κ1) is 6.47. The van der Waals surface area contributed by atoms with Gasteiger partial charge in [0.25, 0.3) is 0 Å². The van der Waals surface area contributed by atoms with Crippen LogP contribution < -0.4 is 0 Å². The van der Waals surface area contributed by atoms with E-state index >= 15 is 0 Å². The van der Waals surface area contributed by atoms with Gasteiger partial charge < -0.3 is 4.84 Å². The molecule has 0 aromatic rings. The Morgan fingerprint density at radius 2 is 2.29 bits per heavy atom. The highest BCUT2D eigenvalue weighted by molar-refractivity contribution is 5.60. The van der Waals surface area contributed by atoms with Gasteiger partial charge in [0.1, 0.15) is 6.10 Å². The third-order valence-electron chi connectivity index (χ3n) is 0.346. The van der Waals surface area contributed by atoms with Gasteiger partial charge in [0.05, 0.1) is 0 Å². The van der Waals surface area contributed by atoms with Crippen LogP contribution in [0.1, 0.15) is 13.8 Å². The topological polar surface area (TPSA) is 21.6 Å². The van der Waals surface area contributed by atoms with E-state index in [0.717, 1.165) is 0 Å². The molecule has 0 saturated carbocycles. The number of oxime groups is 1. The van der Waals surface area contributed by atoms with Crippen molar-refractivity contribution in [1.82, 2.24) is 0 Å². The smallest absolute Gasteiger partial charge is 0.121 e. The first-order valence-corrected chi connectivity index (χ1v) is 2.24. The van der Waals surface area contributed by atoms with E-state index in [1.54, 1.807) is 0 Å². The van der Waals surface area contributed by atoms with Crippen molar-refractivity contribution < 1.29 is 4.84 Å². The Bertz CT molecular complexity index is 59.1. The molecule has 0 unspecified atom stereocenters. The summed E-state index contributed by atoms with van der Waals surface area (Å²) >= 11 is 0. The number of nitrogens with zero attached hydrogens (tertiary/aromatic N) is 1. The fourth-order valence-corrected chi connectivity index (χ4v) is 0.165. The highest BCUT2D eigenvalue weighted by atomic mass is 16.6. The van der Waals surface area contributed by atoms with Gasteiger partial charge in [-0.25, -0.2) is 0 Å². The van der Waals surface area contributed by atoms with Gasteiger partial charge in [-0.05, 0) is 20.8 Å². The molecule has 0 aromatic heterocycles. The standard InChI is InChI=1S/C5H10NO/c1-4-6-7-5(2)3/h4-5H,1H2,2-3H3/b6-4-. The minimum absolute atomic E-state index is 0.165. The fraction of sp³-hybridized carbons (Fsp3) is 0.600. The van der Waals surface area contributed by atoms with Crippen LogP contribution in [0.25, 0.3) is 0 Å². The lowest BCUT2D eigenvalue weighted by Gasteiger charge is -1.97. The summed E-state index contributed by atoms with van der Waals surface area (Å²) < 4.78 is 0. The molecule has 0 amide bonds. The second-order valence-corrected chi connectivity index (χ2v) is 1.44. The van der Waals surface area contributed by atoms with Gasteiger partial charge in [-0.15, -0.1) is 0 Å². The van der Waals surface area contributed by atoms with Gasteiger partial charge >= 0.3 is 0 Å². The lowest BCUT2D eigenvalue weighted by atomic mass is 10.5. The van der Waals surface area contributed by atoms with Gasteiger partial charge in [0.15, 0.2) is 0 Å². The van der Waals surface area contributed by atoms with Crippen LogP contribution in [0.15, 0.2) is 5.16 Å². The second kappa shape index (κ2) is 3.65. The molecule has 0 atom stereocenters. The van der Waals surface area contributed by atoms with Gasteiger partial charge in [0.2, 0.25) is 0 Å². The quantitative estimate of drug-likeness (QED) is 0.378. The molecule has 41 valence electrons. The largest absolute Gasteiger partial charge is 0.393 e. The lowest BCUT2D eigenvalue weighted by Crippen LogP contribution is -1.94. The minimum Gasteiger partial charge on any atom is -0.393 e. The Kier molecular flexibility index (Phi) is 3.38. The maximum absolute atomic E-state index is 4.70. The molecule has 2 nitrogen and oxygen atoms in total. The Morgan fingerprint density at radius 1 is 1.71 bits per heavy atom. The molecule has 0 aliphatic rings. The van der Waals surface area contributed by atoms with Gasteiger partial charge in [-0.2, -0.15) is 0 Å². The predicted molar refractivity (Wildman–Crippen MR) is 30.1 cm³/mol. The zero-order valence-corrected chi connectivity index (χ0v) is 4.72. The zero-order valence-electron chi connectivity index (χ0n) is 4.72. The minimum atomic E-state index is 0.165. The summed E-state index contributed by atoms with van der Waals surface area (Å²) in [6.07, 6.45) is 1.54. The van der Waals surface area contributed by atoms with Crippen molar-refractivity contribution in [3.63, 3.8) is 0 Å². The van der Waals surface area contributed by atoms with E-state index in [1.165, 1.54) is 6.21 Å². The van der Waals surface area contributed by atoms with Crippen molar-refractivity contribution in [3.05, 3.63) is 6.92 Å². The van der Waals surface area contributed by atoms with Crippen molar-refractivity contribution >= 4 is 6.21 Å². The molecule has 0 aliphatic carbocycles. The van der Waals surface area contributed by atoms with E-state index in [4.69, 9.17) is 4.84 Å². The molecule has 0 heterocycles. The van der Waals surface area contributed by atoms with Crippen molar-refractivity contribution in [2.75, 3.05) is 0 Å². The van der Waals surface area contributed by atoms with Gasteiger partial charge in [-0.3, -0.25) is 0 Å². The molecule has 7 heavy (non-hydrogen) atoms. The molecule has 0 fully saturated rings. The average Bonchev–Trinajstić information content (AvgIpc) is 1.61. The lowest BCUT2D eigenvalue weighted by molar-refractivity contribution is 0.0874. The van der Waals surface area contributed by atoms with Crippen molar-refractivity contribution in [2.45, 2.75) is 20.0 Å². The van der Waals surface area contributed by atoms with Crippen LogP contribution in [0.4, 0.5) is 0 Å². The van der Waals surface area contributed by atoms with E-state index in [1.807, 2.05) is 13.8 Å². The van der Waals surface area contributed by atoms with E-state index in [-0.39, 0.29) is 6.10 Å². The molecule has 0 rings (SSSR count). The Balaban J connectivity index is 2.97. The summed E-state index contributed by atoms with van der Waals surface area (Å²) in [6.45, 7) is 7.16. The summed E-state index contributed by atoms with van der Waals surface area (Å²) in [5.74, 6) is 0. The summed E-state index contributed by atoms with van der Waals surface area (Å²) in [5, 5.41) is 3.44. The Morgan fingerprint density at radius 3 is 2.43 bits per heavy atom. The van der Waals surface area contributed by atoms with Crippen LogP contribution in [0.2, 0.25) is 0 Å². The SMILES string of the molecule is [CH2]/C=N\OC(C)C. The number of hydrogen-bond acceptors (Lipinski definition) is 2. The van der Waals surface area contributed by atoms with E-state index in [0.29, 0.717) is 0 Å². The molecule has 1 radical (unpaired) electrons. The maximum atomic E-state index is 4.70. The van der Waals surface area contributed by atoms with E-state index in [9.17, 15) is 0 Å². The average molecular weight is 100 g/mol. The van der Waals surface area contributed by atoms with Gasteiger partial charge in [-0.1, -0.05) is 5.16 Å². The summed E-state index contributed by atoms with van der Waals surface area (Å²) in [4.78, 5) is 4.70. The molecule has 0 aliphatic heterocycles. The first-order valence-electron chi connectivity index (χ1n) is 2.24. The van der Waals surface area contributed by atoms with Crippen LogP contribution in [0.5, 0.6) is 0 Å². The third kappa shape index (κ3) is 5.47. The van der Waals surface area contributed by atoms with Gasteiger partial charge in [0, 0.05) is 6.21 Å². The van der Waals surface area contributed by atoms with Crippen LogP contribution in [0, 0.1) is 6.92 Å². The van der Waals surface area contributed by atoms with Crippen LogP contribution >= 0.6 is 0 Å². The summed E-state index contributed by atoms with van der Waals surface area (Å²) in [5.41, 5.74) is 0. The van der Waals surface area contributed by atoms with E-state index < -0.39 is 0 Å². The predicted octanol–water partition coefficient (Wildman–Crippen LogP) is 1.23. The van der Waals surface area contributed by atoms with Crippen molar-refractivity contribution in [3.8, 4) is 0 Å². The zero-order chi connectivity index (χ0) is 5.70. The summed E-state index contributed by atoms with van der Waals surface area (Å²) in [7, 11) is 0. The second-order valence-electron chi connectivity index (χ2n) is 1.44. The summed E-state index contributed by atoms with van der Waals surface area (Å²) in [6, 6.07) is 0. The first-order chi connectivity index (χ1) is 3.27. The molecule has 0 N–H and O–H groups in total. The van der Waals surface area contributed by atoms with Crippen LogP contribution in [-0.4, -0.2) is 12.3 Å². The van der Waals surface area contributed by atoms with Crippen LogP contribution in [0.3, 0.4) is 0 Å². The third-order valence-corrected chi connectivity index (χ3v) is 0.346. The highest BCUT2D eigenvalue weighted by Crippen LogP contribution is 1.84. The Hall–Kier alpha value is -0.530. The molecule has 0 aromatic carbocycles. The number of hydrogen-bond donors (Lipinski definition) is 0. The van der Waals surface area contributed by atoms with Crippen molar-refractivity contribution in [1.29, 1.82) is 0 Å². The maximum Gasteiger partial charge on any atom is 0.121 e. The van der Waals surface area contributed by atoms with Crippen molar-refractivity contribution in [2.24, 2.45) is 5.16 Å². The molecular formula is C5H10NO. The molecule has 2 heteroatoms. The Labute approximate surface area is 44.2 Å². The monoisotopic (exact) mass is 100 g/mol. The molecule has 0 spiro atoms. The van der Waals surface area contributed by atoms with E-state index in [2.05, 4.69) is 12.1 Å². The molecule has 0 saturated heterocycles. The molecule has 0 bridgehead atoms. The molecular weight excluding hydrogens is 90.1 g/mol. The normalized spacial score (nSPS) is 10.9. The fourth-order valence-electron chi connectivity index (χ4n) is 0.165. The highest BCUT2D eigenvalue weighted by Gasteiger charge is 1.84. The number of rotatable bonds is 2.